The lowest BCUT2D eigenvalue weighted by Crippen LogP contribution is -2.36. The second-order valence-electron chi connectivity index (χ2n) is 4.58. The molecule has 0 bridgehead atoms. The molecule has 0 aliphatic carbocycles. The lowest BCUT2D eigenvalue weighted by molar-refractivity contribution is 0.104. The van der Waals surface area contributed by atoms with Crippen molar-refractivity contribution in [1.82, 2.24) is 19.9 Å². The number of rotatable bonds is 5. The van der Waals surface area contributed by atoms with Gasteiger partial charge in [-0.05, 0) is 26.8 Å². The summed E-state index contributed by atoms with van der Waals surface area (Å²) in [6, 6.07) is 0.603. The highest BCUT2D eigenvalue weighted by atomic mass is 16.5. The number of methoxy groups -OCH3 is 1. The van der Waals surface area contributed by atoms with Gasteiger partial charge >= 0.3 is 12.0 Å². The van der Waals surface area contributed by atoms with Crippen molar-refractivity contribution in [3.8, 4) is 12.0 Å². The molecule has 7 heteroatoms. The van der Waals surface area contributed by atoms with E-state index in [0.29, 0.717) is 12.0 Å². The fourth-order valence-electron chi connectivity index (χ4n) is 1.97. The zero-order chi connectivity index (χ0) is 13.7. The van der Waals surface area contributed by atoms with Crippen LogP contribution in [-0.2, 0) is 0 Å². The van der Waals surface area contributed by atoms with E-state index in [-0.39, 0.29) is 12.1 Å². The van der Waals surface area contributed by atoms with Gasteiger partial charge in [-0.15, -0.1) is 4.98 Å². The van der Waals surface area contributed by atoms with E-state index in [1.54, 1.807) is 0 Å². The summed E-state index contributed by atoms with van der Waals surface area (Å²) in [7, 11) is 3.65. The maximum absolute atomic E-state index is 5.82. The number of hydrogen-bond donors (Lipinski definition) is 1. The molecule has 7 nitrogen and oxygen atoms in total. The van der Waals surface area contributed by atoms with Crippen LogP contribution < -0.4 is 14.8 Å². The first-order chi connectivity index (χ1) is 9.21. The van der Waals surface area contributed by atoms with Gasteiger partial charge in [0.15, 0.2) is 0 Å². The van der Waals surface area contributed by atoms with Crippen molar-refractivity contribution < 1.29 is 9.47 Å². The van der Waals surface area contributed by atoms with E-state index in [9.17, 15) is 0 Å². The quantitative estimate of drug-likeness (QED) is 0.845. The van der Waals surface area contributed by atoms with Gasteiger partial charge in [0, 0.05) is 19.6 Å². The molecule has 19 heavy (non-hydrogen) atoms. The molecule has 0 radical (unpaired) electrons. The largest absolute Gasteiger partial charge is 0.467 e. The van der Waals surface area contributed by atoms with Gasteiger partial charge < -0.3 is 19.7 Å². The predicted molar refractivity (Wildman–Crippen MR) is 71.7 cm³/mol. The van der Waals surface area contributed by atoms with E-state index in [2.05, 4.69) is 32.2 Å². The zero-order valence-electron chi connectivity index (χ0n) is 11.7. The number of nitrogens with zero attached hydrogens (tertiary/aromatic N) is 4. The van der Waals surface area contributed by atoms with Crippen molar-refractivity contribution >= 4 is 5.95 Å². The Morgan fingerprint density at radius 2 is 1.89 bits per heavy atom. The van der Waals surface area contributed by atoms with Crippen molar-refractivity contribution in [1.29, 1.82) is 0 Å². The Hall–Kier alpha value is -1.63. The molecule has 2 rings (SSSR count). The fourth-order valence-corrected chi connectivity index (χ4v) is 1.97. The maximum atomic E-state index is 5.82. The van der Waals surface area contributed by atoms with Crippen molar-refractivity contribution in [3.63, 3.8) is 0 Å². The molecule has 2 heterocycles. The minimum Gasteiger partial charge on any atom is -0.467 e. The summed E-state index contributed by atoms with van der Waals surface area (Å²) in [5.41, 5.74) is 0. The van der Waals surface area contributed by atoms with Gasteiger partial charge in [-0.25, -0.2) is 0 Å². The van der Waals surface area contributed by atoms with Crippen LogP contribution in [0.5, 0.6) is 12.0 Å². The Labute approximate surface area is 113 Å². The lowest BCUT2D eigenvalue weighted by Gasteiger charge is -2.28. The second-order valence-corrected chi connectivity index (χ2v) is 4.58. The Bertz CT molecular complexity index is 407. The smallest absolute Gasteiger partial charge is 0.324 e. The molecule has 0 unspecified atom stereocenters. The number of ether oxygens (including phenoxy) is 2. The van der Waals surface area contributed by atoms with Gasteiger partial charge in [-0.3, -0.25) is 0 Å². The van der Waals surface area contributed by atoms with Crippen LogP contribution in [0.15, 0.2) is 0 Å². The summed E-state index contributed by atoms with van der Waals surface area (Å²) in [6.45, 7) is 4.79. The SMILES string of the molecule is CCNc1nc(OC)nc(OC2CCN(C)CC2)n1. The molecule has 1 saturated heterocycles. The van der Waals surface area contributed by atoms with E-state index in [1.165, 1.54) is 7.11 Å². The Morgan fingerprint density at radius 1 is 1.21 bits per heavy atom. The Morgan fingerprint density at radius 3 is 2.53 bits per heavy atom. The molecule has 1 aromatic rings. The Balaban J connectivity index is 2.04. The molecular formula is C12H21N5O2. The van der Waals surface area contributed by atoms with Crippen molar-refractivity contribution in [2.75, 3.05) is 39.1 Å². The maximum Gasteiger partial charge on any atom is 0.324 e. The van der Waals surface area contributed by atoms with Crippen molar-refractivity contribution in [2.45, 2.75) is 25.9 Å². The van der Waals surface area contributed by atoms with E-state index in [1.807, 2.05) is 6.92 Å². The van der Waals surface area contributed by atoms with Crippen molar-refractivity contribution in [2.24, 2.45) is 0 Å². The normalized spacial score (nSPS) is 17.2. The first-order valence-electron chi connectivity index (χ1n) is 6.60. The average Bonchev–Trinajstić information content (AvgIpc) is 2.41. The van der Waals surface area contributed by atoms with E-state index in [4.69, 9.17) is 9.47 Å². The summed E-state index contributed by atoms with van der Waals surface area (Å²) < 4.78 is 10.9. The second kappa shape index (κ2) is 6.51. The topological polar surface area (TPSA) is 72.4 Å². The third-order valence-corrected chi connectivity index (χ3v) is 3.05. The number of nitrogens with one attached hydrogen (secondary N) is 1. The molecule has 1 fully saturated rings. The van der Waals surface area contributed by atoms with E-state index >= 15 is 0 Å². The highest BCUT2D eigenvalue weighted by molar-refractivity contribution is 5.27. The van der Waals surface area contributed by atoms with Gasteiger partial charge in [0.05, 0.1) is 7.11 Å². The van der Waals surface area contributed by atoms with Crippen LogP contribution in [0.25, 0.3) is 0 Å². The van der Waals surface area contributed by atoms with Gasteiger partial charge in [0.2, 0.25) is 5.95 Å². The van der Waals surface area contributed by atoms with Gasteiger partial charge in [0.25, 0.3) is 0 Å². The minimum absolute atomic E-state index is 0.165. The summed E-state index contributed by atoms with van der Waals surface area (Å²) in [5.74, 6) is 0.484. The molecule has 1 N–H and O–H groups in total. The van der Waals surface area contributed by atoms with E-state index < -0.39 is 0 Å². The van der Waals surface area contributed by atoms with Crippen molar-refractivity contribution in [3.05, 3.63) is 0 Å². The molecule has 0 saturated carbocycles. The molecular weight excluding hydrogens is 246 g/mol. The minimum atomic E-state index is 0.165. The number of likely N-dealkylation sites (tertiary alicyclic amines) is 1. The van der Waals surface area contributed by atoms with Crippen LogP contribution >= 0.6 is 0 Å². The molecule has 0 atom stereocenters. The van der Waals surface area contributed by atoms with Crippen LogP contribution in [-0.4, -0.2) is 59.7 Å². The standard InChI is InChI=1S/C12H21N5O2/c1-4-13-10-14-11(18-3)16-12(15-10)19-9-5-7-17(2)8-6-9/h9H,4-8H2,1-3H3,(H,13,14,15,16). The molecule has 0 amide bonds. The number of hydrogen-bond acceptors (Lipinski definition) is 7. The molecule has 0 spiro atoms. The number of piperidine rings is 1. The molecule has 0 aromatic carbocycles. The predicted octanol–water partition coefficient (Wildman–Crippen LogP) is 0.785. The van der Waals surface area contributed by atoms with Crippen LogP contribution in [0.4, 0.5) is 5.95 Å². The summed E-state index contributed by atoms with van der Waals surface area (Å²) in [5, 5.41) is 3.04. The molecule has 106 valence electrons. The van der Waals surface area contributed by atoms with Gasteiger partial charge in [-0.2, -0.15) is 9.97 Å². The molecule has 1 aromatic heterocycles. The number of anilines is 1. The monoisotopic (exact) mass is 267 g/mol. The first kappa shape index (κ1) is 13.8. The molecule has 1 aliphatic heterocycles. The lowest BCUT2D eigenvalue weighted by atomic mass is 10.1. The average molecular weight is 267 g/mol. The third-order valence-electron chi connectivity index (χ3n) is 3.05. The van der Waals surface area contributed by atoms with Crippen LogP contribution in [0.1, 0.15) is 19.8 Å². The first-order valence-corrected chi connectivity index (χ1v) is 6.60. The van der Waals surface area contributed by atoms with Crippen LogP contribution in [0.3, 0.4) is 0 Å². The molecule has 1 aliphatic rings. The Kier molecular flexibility index (Phi) is 4.73. The van der Waals surface area contributed by atoms with Gasteiger partial charge in [-0.1, -0.05) is 0 Å². The zero-order valence-corrected chi connectivity index (χ0v) is 11.7. The van der Waals surface area contributed by atoms with Crippen LogP contribution in [0, 0.1) is 0 Å². The van der Waals surface area contributed by atoms with Gasteiger partial charge in [0.1, 0.15) is 6.10 Å². The highest BCUT2D eigenvalue weighted by Crippen LogP contribution is 2.18. The van der Waals surface area contributed by atoms with Crippen LogP contribution in [0.2, 0.25) is 0 Å². The third kappa shape index (κ3) is 3.92. The summed E-state index contributed by atoms with van der Waals surface area (Å²) in [6.07, 6.45) is 2.14. The summed E-state index contributed by atoms with van der Waals surface area (Å²) in [4.78, 5) is 14.8. The number of aromatic nitrogens is 3. The van der Waals surface area contributed by atoms with E-state index in [0.717, 1.165) is 32.5 Å². The summed E-state index contributed by atoms with van der Waals surface area (Å²) >= 11 is 0. The fraction of sp³-hybridized carbons (Fsp3) is 0.750. The highest BCUT2D eigenvalue weighted by Gasteiger charge is 2.20.